The summed E-state index contributed by atoms with van der Waals surface area (Å²) in [5.41, 5.74) is 0.568. The van der Waals surface area contributed by atoms with E-state index in [0.717, 1.165) is 0 Å². The third-order valence-corrected chi connectivity index (χ3v) is 5.64. The Hall–Kier alpha value is -1.94. The van der Waals surface area contributed by atoms with Gasteiger partial charge in [-0.1, -0.05) is 17.7 Å². The largest absolute Gasteiger partial charge is 0.379 e. The van der Waals surface area contributed by atoms with Crippen LogP contribution in [0.5, 0.6) is 0 Å². The second kappa shape index (κ2) is 7.52. The second-order valence-electron chi connectivity index (χ2n) is 5.46. The number of carbonyl (C=O) groups is 1. The van der Waals surface area contributed by atoms with Crippen molar-refractivity contribution in [2.75, 3.05) is 31.6 Å². The van der Waals surface area contributed by atoms with Crippen molar-refractivity contribution in [1.29, 1.82) is 0 Å². The fourth-order valence-corrected chi connectivity index (χ4v) is 3.94. The molecule has 0 bridgehead atoms. The molecule has 1 aromatic carbocycles. The summed E-state index contributed by atoms with van der Waals surface area (Å²) in [4.78, 5) is 16.0. The molecule has 10 heteroatoms. The molecule has 0 aliphatic carbocycles. The highest BCUT2D eigenvalue weighted by atomic mass is 35.5. The van der Waals surface area contributed by atoms with Gasteiger partial charge in [0.15, 0.2) is 5.03 Å². The molecule has 2 aromatic rings. The van der Waals surface area contributed by atoms with Crippen LogP contribution in [0.3, 0.4) is 0 Å². The zero-order valence-corrected chi connectivity index (χ0v) is 14.8. The van der Waals surface area contributed by atoms with Gasteiger partial charge in [-0.15, -0.1) is 0 Å². The lowest BCUT2D eigenvalue weighted by Gasteiger charge is -2.24. The van der Waals surface area contributed by atoms with Gasteiger partial charge in [0.05, 0.1) is 19.5 Å². The number of aromatic nitrogens is 2. The van der Waals surface area contributed by atoms with Crippen LogP contribution in [0, 0.1) is 0 Å². The first kappa shape index (κ1) is 17.9. The fraction of sp³-hybridized carbons (Fsp3) is 0.333. The number of rotatable bonds is 5. The Morgan fingerprint density at radius 2 is 2.08 bits per heavy atom. The Morgan fingerprint density at radius 1 is 1.32 bits per heavy atom. The first-order valence-electron chi connectivity index (χ1n) is 7.60. The van der Waals surface area contributed by atoms with E-state index in [4.69, 9.17) is 16.3 Å². The lowest BCUT2D eigenvalue weighted by molar-refractivity contribution is -0.116. The third kappa shape index (κ3) is 4.37. The van der Waals surface area contributed by atoms with Crippen molar-refractivity contribution in [2.45, 2.75) is 11.6 Å². The van der Waals surface area contributed by atoms with Crippen LogP contribution in [0.4, 0.5) is 5.69 Å². The van der Waals surface area contributed by atoms with Crippen molar-refractivity contribution in [2.24, 2.45) is 0 Å². The molecule has 1 N–H and O–H groups in total. The standard InChI is InChI=1S/C15H17ClN4O4S/c16-12-2-1-3-13(8-12)18-14(21)9-19-10-15(17-11-19)25(22,23)20-4-6-24-7-5-20/h1-3,8,10-11H,4-7,9H2,(H,18,21). The summed E-state index contributed by atoms with van der Waals surface area (Å²) < 4.78 is 32.9. The minimum absolute atomic E-state index is 0.0574. The van der Waals surface area contributed by atoms with E-state index >= 15 is 0 Å². The molecule has 25 heavy (non-hydrogen) atoms. The molecule has 8 nitrogen and oxygen atoms in total. The number of morpholine rings is 1. The van der Waals surface area contributed by atoms with E-state index in [1.165, 1.54) is 21.4 Å². The number of amides is 1. The van der Waals surface area contributed by atoms with E-state index in [-0.39, 0.29) is 17.5 Å². The molecule has 3 rings (SSSR count). The maximum Gasteiger partial charge on any atom is 0.262 e. The number of hydrogen-bond donors (Lipinski definition) is 1. The van der Waals surface area contributed by atoms with Crippen molar-refractivity contribution in [1.82, 2.24) is 13.9 Å². The molecule has 1 amide bonds. The Kier molecular flexibility index (Phi) is 5.38. The number of halogens is 1. The summed E-state index contributed by atoms with van der Waals surface area (Å²) in [5.74, 6) is -0.310. The quantitative estimate of drug-likeness (QED) is 0.835. The van der Waals surface area contributed by atoms with Gasteiger partial charge in [0, 0.05) is 30.0 Å². The van der Waals surface area contributed by atoms with Gasteiger partial charge in [0.2, 0.25) is 5.91 Å². The molecular formula is C15H17ClN4O4S. The second-order valence-corrected chi connectivity index (χ2v) is 7.78. The van der Waals surface area contributed by atoms with Crippen LogP contribution in [0.2, 0.25) is 5.02 Å². The number of sulfonamides is 1. The molecular weight excluding hydrogens is 368 g/mol. The van der Waals surface area contributed by atoms with E-state index in [0.29, 0.717) is 37.0 Å². The Labute approximate surface area is 150 Å². The smallest absolute Gasteiger partial charge is 0.262 e. The number of nitrogens with zero attached hydrogens (tertiary/aromatic N) is 3. The van der Waals surface area contributed by atoms with Crippen LogP contribution in [0.15, 0.2) is 41.8 Å². The van der Waals surface area contributed by atoms with E-state index in [1.807, 2.05) is 0 Å². The molecule has 134 valence electrons. The summed E-state index contributed by atoms with van der Waals surface area (Å²) in [6, 6.07) is 6.77. The molecule has 1 saturated heterocycles. The van der Waals surface area contributed by atoms with E-state index in [9.17, 15) is 13.2 Å². The number of imidazole rings is 1. The average molecular weight is 385 g/mol. The van der Waals surface area contributed by atoms with Gasteiger partial charge < -0.3 is 14.6 Å². The van der Waals surface area contributed by atoms with Crippen LogP contribution < -0.4 is 5.32 Å². The summed E-state index contributed by atoms with van der Waals surface area (Å²) >= 11 is 5.87. The van der Waals surface area contributed by atoms with Gasteiger partial charge in [0.25, 0.3) is 10.0 Å². The highest BCUT2D eigenvalue weighted by molar-refractivity contribution is 7.89. The first-order chi connectivity index (χ1) is 11.9. The fourth-order valence-electron chi connectivity index (χ4n) is 2.41. The SMILES string of the molecule is O=C(Cn1cnc(S(=O)(=O)N2CCOCC2)c1)Nc1cccc(Cl)c1. The van der Waals surface area contributed by atoms with Crippen LogP contribution in [-0.2, 0) is 26.1 Å². The monoisotopic (exact) mass is 384 g/mol. The number of benzene rings is 1. The maximum atomic E-state index is 12.5. The molecule has 0 saturated carbocycles. The lowest BCUT2D eigenvalue weighted by atomic mass is 10.3. The van der Waals surface area contributed by atoms with Crippen LogP contribution >= 0.6 is 11.6 Å². The van der Waals surface area contributed by atoms with E-state index < -0.39 is 10.0 Å². The van der Waals surface area contributed by atoms with Gasteiger partial charge >= 0.3 is 0 Å². The molecule has 2 heterocycles. The molecule has 1 aromatic heterocycles. The molecule has 0 unspecified atom stereocenters. The number of anilines is 1. The maximum absolute atomic E-state index is 12.5. The van der Waals surface area contributed by atoms with E-state index in [1.54, 1.807) is 24.3 Å². The highest BCUT2D eigenvalue weighted by Gasteiger charge is 2.28. The number of nitrogens with one attached hydrogen (secondary N) is 1. The predicted molar refractivity (Wildman–Crippen MR) is 91.9 cm³/mol. The summed E-state index contributed by atoms with van der Waals surface area (Å²) in [6.07, 6.45) is 2.67. The van der Waals surface area contributed by atoms with E-state index in [2.05, 4.69) is 10.3 Å². The Balaban J connectivity index is 1.66. The Bertz CT molecular complexity index is 862. The minimum atomic E-state index is -3.67. The number of carbonyl (C=O) groups excluding carboxylic acids is 1. The minimum Gasteiger partial charge on any atom is -0.379 e. The summed E-state index contributed by atoms with van der Waals surface area (Å²) in [5, 5.41) is 3.13. The first-order valence-corrected chi connectivity index (χ1v) is 9.42. The van der Waals surface area contributed by atoms with Crippen molar-refractivity contribution in [3.63, 3.8) is 0 Å². The van der Waals surface area contributed by atoms with Crippen LogP contribution in [0.1, 0.15) is 0 Å². The summed E-state index contributed by atoms with van der Waals surface area (Å²) in [7, 11) is -3.67. The number of hydrogen-bond acceptors (Lipinski definition) is 5. The lowest BCUT2D eigenvalue weighted by Crippen LogP contribution is -2.40. The van der Waals surface area contributed by atoms with Gasteiger partial charge in [-0.25, -0.2) is 13.4 Å². The molecule has 0 spiro atoms. The molecule has 1 aliphatic heterocycles. The zero-order chi connectivity index (χ0) is 17.9. The molecule has 1 aliphatic rings. The third-order valence-electron chi connectivity index (χ3n) is 3.62. The Morgan fingerprint density at radius 3 is 2.80 bits per heavy atom. The zero-order valence-electron chi connectivity index (χ0n) is 13.3. The molecule has 0 radical (unpaired) electrons. The topological polar surface area (TPSA) is 93.5 Å². The number of ether oxygens (including phenoxy) is 1. The van der Waals surface area contributed by atoms with Gasteiger partial charge in [-0.05, 0) is 18.2 Å². The molecule has 0 atom stereocenters. The highest BCUT2D eigenvalue weighted by Crippen LogP contribution is 2.16. The van der Waals surface area contributed by atoms with Gasteiger partial charge in [-0.3, -0.25) is 4.79 Å². The molecule has 1 fully saturated rings. The van der Waals surface area contributed by atoms with Crippen molar-refractivity contribution < 1.29 is 17.9 Å². The van der Waals surface area contributed by atoms with Crippen molar-refractivity contribution in [3.8, 4) is 0 Å². The normalized spacial score (nSPS) is 15.9. The predicted octanol–water partition coefficient (Wildman–Crippen LogP) is 1.20. The van der Waals surface area contributed by atoms with Gasteiger partial charge in [-0.2, -0.15) is 4.31 Å². The van der Waals surface area contributed by atoms with Crippen molar-refractivity contribution in [3.05, 3.63) is 41.8 Å². The van der Waals surface area contributed by atoms with Crippen molar-refractivity contribution >= 4 is 33.2 Å². The van der Waals surface area contributed by atoms with Crippen LogP contribution in [0.25, 0.3) is 0 Å². The summed E-state index contributed by atoms with van der Waals surface area (Å²) in [6.45, 7) is 1.26. The average Bonchev–Trinajstić information content (AvgIpc) is 3.05. The van der Waals surface area contributed by atoms with Crippen LogP contribution in [-0.4, -0.2) is 54.5 Å². The van der Waals surface area contributed by atoms with Gasteiger partial charge in [0.1, 0.15) is 6.54 Å².